The van der Waals surface area contributed by atoms with Gasteiger partial charge in [0.15, 0.2) is 0 Å². The van der Waals surface area contributed by atoms with Gasteiger partial charge in [-0.15, -0.1) is 0 Å². The molecule has 1 heterocycles. The highest BCUT2D eigenvalue weighted by molar-refractivity contribution is 5.72. The van der Waals surface area contributed by atoms with Crippen LogP contribution in [0.3, 0.4) is 0 Å². The van der Waals surface area contributed by atoms with Crippen LogP contribution >= 0.6 is 0 Å². The molecule has 1 aliphatic heterocycles. The van der Waals surface area contributed by atoms with Crippen molar-refractivity contribution in [1.82, 2.24) is 4.90 Å². The van der Waals surface area contributed by atoms with E-state index in [1.807, 2.05) is 0 Å². The monoisotopic (exact) mass is 225 g/mol. The van der Waals surface area contributed by atoms with Gasteiger partial charge in [-0.3, -0.25) is 9.69 Å². The van der Waals surface area contributed by atoms with E-state index in [4.69, 9.17) is 0 Å². The minimum atomic E-state index is -4.21. The van der Waals surface area contributed by atoms with Crippen molar-refractivity contribution in [2.75, 3.05) is 20.7 Å². The van der Waals surface area contributed by atoms with Crippen molar-refractivity contribution >= 4 is 5.97 Å². The molecule has 88 valence electrons. The summed E-state index contributed by atoms with van der Waals surface area (Å²) in [5.74, 6) is -0.860. The standard InChI is InChI=1S/C9H14F3NO2/c1-13-5-6(8(14)15-2)3-4-7(13)9(10,11)12/h6-7H,3-5H2,1-2H3. The molecular weight excluding hydrogens is 211 g/mol. The summed E-state index contributed by atoms with van der Waals surface area (Å²) in [4.78, 5) is 12.3. The van der Waals surface area contributed by atoms with Crippen LogP contribution in [-0.4, -0.2) is 43.8 Å². The molecule has 0 aromatic heterocycles. The fourth-order valence-corrected chi connectivity index (χ4v) is 1.92. The zero-order chi connectivity index (χ0) is 11.6. The Morgan fingerprint density at radius 2 is 2.00 bits per heavy atom. The number of carbonyl (C=O) groups excluding carboxylic acids is 1. The number of carbonyl (C=O) groups is 1. The molecule has 0 spiro atoms. The number of piperidine rings is 1. The van der Waals surface area contributed by atoms with Crippen molar-refractivity contribution in [3.05, 3.63) is 0 Å². The van der Waals surface area contributed by atoms with Gasteiger partial charge < -0.3 is 4.74 Å². The van der Waals surface area contributed by atoms with E-state index in [2.05, 4.69) is 4.74 Å². The molecule has 0 aromatic carbocycles. The van der Waals surface area contributed by atoms with Gasteiger partial charge in [-0.05, 0) is 19.9 Å². The summed E-state index contributed by atoms with van der Waals surface area (Å²) >= 11 is 0. The second kappa shape index (κ2) is 4.38. The number of likely N-dealkylation sites (tertiary alicyclic amines) is 1. The minimum Gasteiger partial charge on any atom is -0.469 e. The smallest absolute Gasteiger partial charge is 0.404 e. The number of methoxy groups -OCH3 is 1. The highest BCUT2D eigenvalue weighted by Crippen LogP contribution is 2.32. The van der Waals surface area contributed by atoms with Crippen molar-refractivity contribution in [2.45, 2.75) is 25.1 Å². The molecule has 3 nitrogen and oxygen atoms in total. The summed E-state index contributed by atoms with van der Waals surface area (Å²) in [6, 6.07) is -1.43. The molecule has 15 heavy (non-hydrogen) atoms. The van der Waals surface area contributed by atoms with E-state index < -0.39 is 24.1 Å². The van der Waals surface area contributed by atoms with E-state index in [1.165, 1.54) is 19.1 Å². The average Bonchev–Trinajstić information content (AvgIpc) is 2.14. The Morgan fingerprint density at radius 1 is 1.40 bits per heavy atom. The van der Waals surface area contributed by atoms with Crippen LogP contribution in [0.15, 0.2) is 0 Å². The lowest BCUT2D eigenvalue weighted by Crippen LogP contribution is -2.50. The first-order valence-corrected chi connectivity index (χ1v) is 4.71. The minimum absolute atomic E-state index is 0.0419. The van der Waals surface area contributed by atoms with E-state index in [1.54, 1.807) is 0 Å². The lowest BCUT2D eigenvalue weighted by atomic mass is 9.93. The maximum Gasteiger partial charge on any atom is 0.404 e. The number of rotatable bonds is 1. The van der Waals surface area contributed by atoms with Crippen LogP contribution in [-0.2, 0) is 9.53 Å². The van der Waals surface area contributed by atoms with Crippen LogP contribution < -0.4 is 0 Å². The van der Waals surface area contributed by atoms with Gasteiger partial charge in [0.25, 0.3) is 0 Å². The number of hydrogen-bond donors (Lipinski definition) is 0. The Kier molecular flexibility index (Phi) is 3.59. The molecule has 0 aliphatic carbocycles. The lowest BCUT2D eigenvalue weighted by Gasteiger charge is -2.36. The Morgan fingerprint density at radius 3 is 2.40 bits per heavy atom. The topological polar surface area (TPSA) is 29.5 Å². The summed E-state index contributed by atoms with van der Waals surface area (Å²) in [5.41, 5.74) is 0. The molecule has 6 heteroatoms. The summed E-state index contributed by atoms with van der Waals surface area (Å²) in [5, 5.41) is 0. The maximum atomic E-state index is 12.4. The van der Waals surface area contributed by atoms with Crippen LogP contribution in [0.25, 0.3) is 0 Å². The van der Waals surface area contributed by atoms with E-state index in [9.17, 15) is 18.0 Å². The summed E-state index contributed by atoms with van der Waals surface area (Å²) in [6.07, 6.45) is -4.02. The van der Waals surface area contributed by atoms with Crippen LogP contribution in [0.4, 0.5) is 13.2 Å². The largest absolute Gasteiger partial charge is 0.469 e. The number of ether oxygens (including phenoxy) is 1. The van der Waals surface area contributed by atoms with Gasteiger partial charge in [0, 0.05) is 6.54 Å². The zero-order valence-electron chi connectivity index (χ0n) is 8.67. The van der Waals surface area contributed by atoms with Gasteiger partial charge in [0.2, 0.25) is 0 Å². The maximum absolute atomic E-state index is 12.4. The van der Waals surface area contributed by atoms with Crippen molar-refractivity contribution in [3.8, 4) is 0 Å². The van der Waals surface area contributed by atoms with Gasteiger partial charge in [0.1, 0.15) is 6.04 Å². The third kappa shape index (κ3) is 2.84. The van der Waals surface area contributed by atoms with E-state index in [0.717, 1.165) is 0 Å². The summed E-state index contributed by atoms with van der Waals surface area (Å²) in [6.45, 7) is 0.108. The Bertz CT molecular complexity index is 242. The number of hydrogen-bond acceptors (Lipinski definition) is 3. The van der Waals surface area contributed by atoms with Crippen molar-refractivity contribution in [1.29, 1.82) is 0 Å². The number of halogens is 3. The van der Waals surface area contributed by atoms with Crippen LogP contribution in [0.2, 0.25) is 0 Å². The molecule has 0 radical (unpaired) electrons. The number of alkyl halides is 3. The number of nitrogens with zero attached hydrogens (tertiary/aromatic N) is 1. The third-order valence-corrected chi connectivity index (χ3v) is 2.74. The first kappa shape index (κ1) is 12.3. The molecule has 0 aromatic rings. The Hall–Kier alpha value is -0.780. The fraction of sp³-hybridized carbons (Fsp3) is 0.889. The normalized spacial score (nSPS) is 28.9. The molecule has 1 fully saturated rings. The second-order valence-corrected chi connectivity index (χ2v) is 3.79. The quantitative estimate of drug-likeness (QED) is 0.632. The summed E-state index contributed by atoms with van der Waals surface area (Å²) < 4.78 is 41.8. The van der Waals surface area contributed by atoms with Gasteiger partial charge in [0.05, 0.1) is 13.0 Å². The average molecular weight is 225 g/mol. The molecule has 2 unspecified atom stereocenters. The molecule has 0 saturated carbocycles. The van der Waals surface area contributed by atoms with E-state index >= 15 is 0 Å². The molecule has 0 N–H and O–H groups in total. The van der Waals surface area contributed by atoms with Crippen LogP contribution in [0.5, 0.6) is 0 Å². The Labute approximate surface area is 86.2 Å². The highest BCUT2D eigenvalue weighted by Gasteiger charge is 2.45. The molecule has 1 aliphatic rings. The van der Waals surface area contributed by atoms with Gasteiger partial charge in [-0.25, -0.2) is 0 Å². The van der Waals surface area contributed by atoms with E-state index in [0.29, 0.717) is 0 Å². The Balaban J connectivity index is 2.59. The third-order valence-electron chi connectivity index (χ3n) is 2.74. The molecule has 1 rings (SSSR count). The first-order valence-electron chi connectivity index (χ1n) is 4.71. The van der Waals surface area contributed by atoms with Gasteiger partial charge >= 0.3 is 12.1 Å². The van der Waals surface area contributed by atoms with Gasteiger partial charge in [-0.2, -0.15) is 13.2 Å². The lowest BCUT2D eigenvalue weighted by molar-refractivity contribution is -0.193. The van der Waals surface area contributed by atoms with Crippen molar-refractivity contribution in [3.63, 3.8) is 0 Å². The number of esters is 1. The fourth-order valence-electron chi connectivity index (χ4n) is 1.92. The molecule has 1 saturated heterocycles. The molecule has 2 atom stereocenters. The van der Waals surface area contributed by atoms with Crippen LogP contribution in [0, 0.1) is 5.92 Å². The van der Waals surface area contributed by atoms with Gasteiger partial charge in [-0.1, -0.05) is 0 Å². The SMILES string of the molecule is COC(=O)C1CCC(C(F)(F)F)N(C)C1. The van der Waals surface area contributed by atoms with E-state index in [-0.39, 0.29) is 19.4 Å². The molecular formula is C9H14F3NO2. The molecule has 0 amide bonds. The van der Waals surface area contributed by atoms with Crippen LogP contribution in [0.1, 0.15) is 12.8 Å². The predicted octanol–water partition coefficient (Wildman–Crippen LogP) is 1.43. The molecule has 0 bridgehead atoms. The first-order chi connectivity index (χ1) is 6.86. The zero-order valence-corrected chi connectivity index (χ0v) is 8.67. The second-order valence-electron chi connectivity index (χ2n) is 3.79. The van der Waals surface area contributed by atoms with Crippen molar-refractivity contribution < 1.29 is 22.7 Å². The van der Waals surface area contributed by atoms with Crippen molar-refractivity contribution in [2.24, 2.45) is 5.92 Å². The summed E-state index contributed by atoms with van der Waals surface area (Å²) in [7, 11) is 2.63. The predicted molar refractivity (Wildman–Crippen MR) is 47.2 cm³/mol. The highest BCUT2D eigenvalue weighted by atomic mass is 19.4.